The van der Waals surface area contributed by atoms with Crippen molar-refractivity contribution in [2.75, 3.05) is 12.3 Å². The number of unbranched alkanes of at least 4 members (excludes halogenated alkanes) is 1. The minimum atomic E-state index is -0.714. The molecule has 4 aromatic carbocycles. The molecular weight excluding hydrogens is 576 g/mol. The summed E-state index contributed by atoms with van der Waals surface area (Å²) in [6.45, 7) is 4.00. The second kappa shape index (κ2) is 18.9. The third-order valence-corrected chi connectivity index (χ3v) is 11.4. The van der Waals surface area contributed by atoms with Crippen LogP contribution in [0.15, 0.2) is 121 Å². The van der Waals surface area contributed by atoms with E-state index >= 15 is 0 Å². The zero-order valence-corrected chi connectivity index (χ0v) is 25.0. The third kappa shape index (κ3) is 10.7. The number of halogens is 1. The first kappa shape index (κ1) is 29.9. The van der Waals surface area contributed by atoms with E-state index in [-0.39, 0.29) is 0 Å². The van der Waals surface area contributed by atoms with Crippen LogP contribution in [0, 0.1) is 6.42 Å². The van der Waals surface area contributed by atoms with Crippen LogP contribution >= 0.6 is 25.4 Å². The van der Waals surface area contributed by atoms with Crippen LogP contribution in [0.3, 0.4) is 0 Å². The normalized spacial score (nSPS) is 10.3. The molecule has 0 spiro atoms. The van der Waals surface area contributed by atoms with Crippen molar-refractivity contribution in [3.8, 4) is 0 Å². The fourth-order valence-corrected chi connectivity index (χ4v) is 9.48. The quantitative estimate of drug-likeness (QED) is 0.0799. The zero-order chi connectivity index (χ0) is 25.1. The molecule has 0 aromatic heterocycles. The van der Waals surface area contributed by atoms with Gasteiger partial charge in [-0.2, -0.15) is 13.8 Å². The van der Waals surface area contributed by atoms with Gasteiger partial charge in [0.25, 0.3) is 0 Å². The molecule has 186 valence electrons. The van der Waals surface area contributed by atoms with Gasteiger partial charge < -0.3 is 6.42 Å². The van der Waals surface area contributed by atoms with Crippen LogP contribution < -0.4 is 21.2 Å². The van der Waals surface area contributed by atoms with E-state index in [1.807, 2.05) is 20.3 Å². The number of hydrogen-bond acceptors (Lipinski definition) is 0. The Morgan fingerprint density at radius 1 is 0.486 bits per heavy atom. The van der Waals surface area contributed by atoms with Gasteiger partial charge >= 0.3 is 27.7 Å². The summed E-state index contributed by atoms with van der Waals surface area (Å²) in [5.74, 6) is 0. The van der Waals surface area contributed by atoms with Crippen molar-refractivity contribution in [3.05, 3.63) is 128 Å². The van der Waals surface area contributed by atoms with Crippen molar-refractivity contribution in [1.82, 2.24) is 0 Å². The van der Waals surface area contributed by atoms with Gasteiger partial charge in [-0.3, -0.25) is 0 Å². The van der Waals surface area contributed by atoms with Gasteiger partial charge in [0.05, 0.1) is 49.4 Å². The molecule has 0 aliphatic carbocycles. The topological polar surface area (TPSA) is 0 Å². The van der Waals surface area contributed by atoms with Crippen molar-refractivity contribution in [3.63, 3.8) is 0 Å². The van der Waals surface area contributed by atoms with E-state index in [2.05, 4.69) is 149 Å². The van der Waals surface area contributed by atoms with Gasteiger partial charge in [0.1, 0.15) is 0 Å². The predicted molar refractivity (Wildman–Crippen MR) is 161 cm³/mol. The molecule has 0 aliphatic rings. The minimum Gasteiger partial charge on any atom is -0.0620 e. The minimum absolute atomic E-state index is 0.714. The molecule has 0 unspecified atom stereocenters. The molecule has 0 saturated carbocycles. The Kier molecular flexibility index (Phi) is 16.1. The standard InChI is InChI=1S/C28H28P2.C3H7.ClH.Pd/c1-5-15-25(16-6-1)29(26-17-7-2-8-18-26)23-13-14-24-30(27-19-9-3-10-20-27)28-21-11-4-12-22-28;1-3-2;;/h1-12,15-22H,13-14,23-24H2;3H,1-2H3;1H;/q;-1;;+2/p+1. The molecule has 0 radical (unpaired) electrons. The van der Waals surface area contributed by atoms with Gasteiger partial charge in [-0.15, -0.1) is 0 Å². The van der Waals surface area contributed by atoms with E-state index < -0.39 is 15.8 Å². The molecule has 4 heteroatoms. The Hall–Kier alpha value is -1.31. The molecule has 0 atom stereocenters. The fourth-order valence-electron chi connectivity index (χ4n) is 4.07. The maximum Gasteiger partial charge on any atom is 0.0966 e. The number of benzene rings is 4. The average Bonchev–Trinajstić information content (AvgIpc) is 2.94. The van der Waals surface area contributed by atoms with E-state index in [1.54, 1.807) is 0 Å². The second-order valence-electron chi connectivity index (χ2n) is 8.21. The number of hydrogen-bond donors (Lipinski definition) is 0. The van der Waals surface area contributed by atoms with Crippen molar-refractivity contribution >= 4 is 46.6 Å². The summed E-state index contributed by atoms with van der Waals surface area (Å²) in [5.41, 5.74) is 0. The van der Waals surface area contributed by atoms with Crippen molar-refractivity contribution in [2.45, 2.75) is 26.7 Å². The maximum absolute atomic E-state index is 4.49. The van der Waals surface area contributed by atoms with E-state index in [9.17, 15) is 0 Å². The molecule has 0 heterocycles. The first-order chi connectivity index (χ1) is 17.3. The molecule has 4 rings (SSSR count). The van der Waals surface area contributed by atoms with Crippen LogP contribution in [-0.2, 0) is 18.2 Å². The van der Waals surface area contributed by atoms with Crippen LogP contribution in [0.5, 0.6) is 0 Å². The van der Waals surface area contributed by atoms with E-state index in [0.29, 0.717) is 0 Å². The largest absolute Gasteiger partial charge is 0.0966 e. The fraction of sp³-hybridized carbons (Fsp3) is 0.194. The predicted octanol–water partition coefficient (Wildman–Crippen LogP) is 7.41. The summed E-state index contributed by atoms with van der Waals surface area (Å²) in [5, 5.41) is 6.13. The van der Waals surface area contributed by atoms with Gasteiger partial charge in [0, 0.05) is 0 Å². The van der Waals surface area contributed by atoms with Crippen LogP contribution in [0.2, 0.25) is 0 Å². The zero-order valence-electron chi connectivity index (χ0n) is 20.6. The van der Waals surface area contributed by atoms with Gasteiger partial charge in [-0.1, -0.05) is 72.8 Å². The van der Waals surface area contributed by atoms with Crippen LogP contribution in [-0.4, -0.2) is 12.3 Å². The summed E-state index contributed by atoms with van der Waals surface area (Å²) in [4.78, 5) is 0. The Morgan fingerprint density at radius 2 is 0.686 bits per heavy atom. The van der Waals surface area contributed by atoms with Crippen molar-refractivity contribution in [2.24, 2.45) is 0 Å². The molecule has 0 bridgehead atoms. The van der Waals surface area contributed by atoms with E-state index in [4.69, 9.17) is 0 Å². The number of rotatable bonds is 9. The summed E-state index contributed by atoms with van der Waals surface area (Å²) in [6, 6.07) is 44.6. The molecule has 35 heavy (non-hydrogen) atoms. The van der Waals surface area contributed by atoms with Gasteiger partial charge in [-0.25, -0.2) is 0 Å². The van der Waals surface area contributed by atoms with Crippen LogP contribution in [0.1, 0.15) is 26.7 Å². The molecule has 0 fully saturated rings. The first-order valence-corrected chi connectivity index (χ1v) is 17.5. The molecular formula is C31H37ClP2Pd+2. The third-order valence-electron chi connectivity index (χ3n) is 5.59. The van der Waals surface area contributed by atoms with Gasteiger partial charge in [0.15, 0.2) is 0 Å². The van der Waals surface area contributed by atoms with E-state index in [1.165, 1.54) is 46.4 Å². The van der Waals surface area contributed by atoms with Gasteiger partial charge in [-0.05, 0) is 61.4 Å². The summed E-state index contributed by atoms with van der Waals surface area (Å²) in [6.07, 6.45) is 7.20. The Morgan fingerprint density at radius 3 is 0.886 bits per heavy atom. The summed E-state index contributed by atoms with van der Waals surface area (Å²) in [7, 11) is 3.06. The Bertz CT molecular complexity index is 851. The second-order valence-corrected chi connectivity index (χ2v) is 13.4. The Balaban J connectivity index is 0.000000803. The van der Waals surface area contributed by atoms with E-state index in [0.717, 1.165) is 0 Å². The van der Waals surface area contributed by atoms with Crippen LogP contribution in [0.4, 0.5) is 0 Å². The average molecular weight is 613 g/mol. The summed E-state index contributed by atoms with van der Waals surface area (Å²) >= 11 is 2.22. The van der Waals surface area contributed by atoms with Crippen molar-refractivity contribution in [1.29, 1.82) is 0 Å². The molecule has 0 saturated heterocycles. The summed E-state index contributed by atoms with van der Waals surface area (Å²) < 4.78 is 0. The first-order valence-electron chi connectivity index (χ1n) is 12.1. The molecule has 0 N–H and O–H groups in total. The van der Waals surface area contributed by atoms with Crippen LogP contribution in [0.25, 0.3) is 0 Å². The van der Waals surface area contributed by atoms with Gasteiger partial charge in [0.2, 0.25) is 0 Å². The molecule has 0 nitrogen and oxygen atoms in total. The van der Waals surface area contributed by atoms with Crippen molar-refractivity contribution < 1.29 is 18.2 Å². The molecule has 4 aromatic rings. The SMILES string of the molecule is C[CH-]C.[Cl][Pd+].c1ccc([PH+](CCCC[PH+](c2ccccc2)c2ccccc2)c2ccccc2)cc1. The Labute approximate surface area is 230 Å². The molecule has 0 aliphatic heterocycles. The molecule has 0 amide bonds. The monoisotopic (exact) mass is 612 g/mol. The maximum atomic E-state index is 4.49. The smallest absolute Gasteiger partial charge is 0.0620 e.